The summed E-state index contributed by atoms with van der Waals surface area (Å²) in [6.07, 6.45) is 10.1. The largest absolute Gasteiger partial charge is 0.367 e. The number of aromatic nitrogens is 3. The van der Waals surface area contributed by atoms with Gasteiger partial charge in [0.25, 0.3) is 0 Å². The number of nitrogens with one attached hydrogen (secondary N) is 1. The SMILES string of the molecule is CC(=O)N1CCc2c(nc(-c3ccccn3)nc2NC2CCCCCC2)C1. The van der Waals surface area contributed by atoms with Gasteiger partial charge in [0.05, 0.1) is 12.2 Å². The van der Waals surface area contributed by atoms with Gasteiger partial charge in [-0.15, -0.1) is 0 Å². The van der Waals surface area contributed by atoms with Gasteiger partial charge in [0.2, 0.25) is 5.91 Å². The van der Waals surface area contributed by atoms with E-state index in [0.29, 0.717) is 18.4 Å². The van der Waals surface area contributed by atoms with E-state index in [1.54, 1.807) is 13.1 Å². The van der Waals surface area contributed by atoms with Gasteiger partial charge in [0.1, 0.15) is 11.5 Å². The van der Waals surface area contributed by atoms with Gasteiger partial charge in [0, 0.05) is 31.3 Å². The summed E-state index contributed by atoms with van der Waals surface area (Å²) in [7, 11) is 0. The Hall–Kier alpha value is -2.50. The number of carbonyl (C=O) groups excluding carboxylic acids is 1. The molecular weight excluding hydrogens is 338 g/mol. The summed E-state index contributed by atoms with van der Waals surface area (Å²) in [5.74, 6) is 1.67. The molecule has 142 valence electrons. The van der Waals surface area contributed by atoms with Crippen molar-refractivity contribution in [3.63, 3.8) is 0 Å². The molecule has 6 heteroatoms. The molecule has 2 aromatic heterocycles. The highest BCUT2D eigenvalue weighted by atomic mass is 16.2. The number of hydrogen-bond donors (Lipinski definition) is 1. The van der Waals surface area contributed by atoms with Crippen LogP contribution in [0.2, 0.25) is 0 Å². The standard InChI is InChI=1S/C21H27N5O/c1-15(27)26-13-11-17-19(14-26)24-21(18-10-6-7-12-22-18)25-20(17)23-16-8-4-2-3-5-9-16/h6-7,10,12,16H,2-5,8-9,11,13-14H2,1H3,(H,23,24,25). The normalized spacial score (nSPS) is 17.9. The second-order valence-electron chi connectivity index (χ2n) is 7.56. The molecular formula is C21H27N5O. The maximum absolute atomic E-state index is 11.9. The molecule has 3 heterocycles. The first-order chi connectivity index (χ1) is 13.2. The molecule has 27 heavy (non-hydrogen) atoms. The Morgan fingerprint density at radius 2 is 1.96 bits per heavy atom. The van der Waals surface area contributed by atoms with E-state index in [-0.39, 0.29) is 5.91 Å². The maximum atomic E-state index is 11.9. The lowest BCUT2D eigenvalue weighted by atomic mass is 10.0. The molecule has 0 atom stereocenters. The molecule has 0 spiro atoms. The Bertz CT molecular complexity index is 800. The topological polar surface area (TPSA) is 71.0 Å². The molecule has 1 aliphatic heterocycles. The number of amides is 1. The molecule has 1 fully saturated rings. The summed E-state index contributed by atoms with van der Waals surface area (Å²) in [6, 6.07) is 6.24. The molecule has 2 aromatic rings. The number of pyridine rings is 1. The molecule has 1 amide bonds. The van der Waals surface area contributed by atoms with Crippen LogP contribution in [0.4, 0.5) is 5.82 Å². The van der Waals surface area contributed by atoms with Crippen LogP contribution in [0.1, 0.15) is 56.7 Å². The molecule has 0 unspecified atom stereocenters. The second-order valence-corrected chi connectivity index (χ2v) is 7.56. The summed E-state index contributed by atoms with van der Waals surface area (Å²) in [4.78, 5) is 27.8. The molecule has 0 saturated heterocycles. The van der Waals surface area contributed by atoms with E-state index in [0.717, 1.165) is 35.7 Å². The Labute approximate surface area is 160 Å². The number of hydrogen-bond acceptors (Lipinski definition) is 5. The zero-order valence-electron chi connectivity index (χ0n) is 15.9. The van der Waals surface area contributed by atoms with Gasteiger partial charge in [-0.25, -0.2) is 9.97 Å². The van der Waals surface area contributed by atoms with Gasteiger partial charge in [-0.1, -0.05) is 31.7 Å². The lowest BCUT2D eigenvalue weighted by molar-refractivity contribution is -0.129. The van der Waals surface area contributed by atoms with Gasteiger partial charge >= 0.3 is 0 Å². The smallest absolute Gasteiger partial charge is 0.219 e. The van der Waals surface area contributed by atoms with E-state index in [2.05, 4.69) is 10.3 Å². The molecule has 0 aromatic carbocycles. The predicted octanol–water partition coefficient (Wildman–Crippen LogP) is 3.58. The molecule has 0 radical (unpaired) electrons. The zero-order chi connectivity index (χ0) is 18.6. The Morgan fingerprint density at radius 3 is 2.67 bits per heavy atom. The Kier molecular flexibility index (Phi) is 5.32. The quantitative estimate of drug-likeness (QED) is 0.842. The summed E-state index contributed by atoms with van der Waals surface area (Å²) in [5.41, 5.74) is 2.88. The van der Waals surface area contributed by atoms with Crippen molar-refractivity contribution in [2.45, 2.75) is 64.5 Å². The number of fused-ring (bicyclic) bond motifs is 1. The van der Waals surface area contributed by atoms with Crippen molar-refractivity contribution in [1.29, 1.82) is 0 Å². The van der Waals surface area contributed by atoms with Gasteiger partial charge in [0.15, 0.2) is 5.82 Å². The van der Waals surface area contributed by atoms with Crippen molar-refractivity contribution in [2.75, 3.05) is 11.9 Å². The zero-order valence-corrected chi connectivity index (χ0v) is 15.9. The molecule has 1 aliphatic carbocycles. The van der Waals surface area contributed by atoms with Crippen LogP contribution in [0.3, 0.4) is 0 Å². The van der Waals surface area contributed by atoms with E-state index < -0.39 is 0 Å². The van der Waals surface area contributed by atoms with Crippen molar-refractivity contribution < 1.29 is 4.79 Å². The number of anilines is 1. The van der Waals surface area contributed by atoms with Crippen LogP contribution in [0, 0.1) is 0 Å². The van der Waals surface area contributed by atoms with E-state index >= 15 is 0 Å². The van der Waals surface area contributed by atoms with Crippen molar-refractivity contribution in [2.24, 2.45) is 0 Å². The first kappa shape index (κ1) is 17.9. The minimum Gasteiger partial charge on any atom is -0.367 e. The highest BCUT2D eigenvalue weighted by molar-refractivity contribution is 5.74. The summed E-state index contributed by atoms with van der Waals surface area (Å²) in [5, 5.41) is 3.72. The molecule has 0 bridgehead atoms. The maximum Gasteiger partial charge on any atom is 0.219 e. The van der Waals surface area contributed by atoms with E-state index in [1.165, 1.54) is 38.5 Å². The van der Waals surface area contributed by atoms with Gasteiger partial charge in [-0.3, -0.25) is 9.78 Å². The first-order valence-corrected chi connectivity index (χ1v) is 10.0. The van der Waals surface area contributed by atoms with Crippen LogP contribution < -0.4 is 5.32 Å². The van der Waals surface area contributed by atoms with Gasteiger partial charge in [-0.2, -0.15) is 0 Å². The number of carbonyl (C=O) groups is 1. The van der Waals surface area contributed by atoms with Crippen LogP contribution in [0.25, 0.3) is 11.5 Å². The van der Waals surface area contributed by atoms with Crippen molar-refractivity contribution >= 4 is 11.7 Å². The van der Waals surface area contributed by atoms with Crippen molar-refractivity contribution in [3.8, 4) is 11.5 Å². The Morgan fingerprint density at radius 1 is 1.15 bits per heavy atom. The van der Waals surface area contributed by atoms with Crippen molar-refractivity contribution in [1.82, 2.24) is 19.9 Å². The number of nitrogens with zero attached hydrogens (tertiary/aromatic N) is 4. The van der Waals surface area contributed by atoms with E-state index in [1.807, 2.05) is 23.1 Å². The third-order valence-electron chi connectivity index (χ3n) is 5.60. The van der Waals surface area contributed by atoms with Crippen LogP contribution in [-0.2, 0) is 17.8 Å². The van der Waals surface area contributed by atoms with Crippen LogP contribution in [0.5, 0.6) is 0 Å². The highest BCUT2D eigenvalue weighted by Gasteiger charge is 2.25. The van der Waals surface area contributed by atoms with Crippen LogP contribution in [0.15, 0.2) is 24.4 Å². The van der Waals surface area contributed by atoms with E-state index in [4.69, 9.17) is 9.97 Å². The second kappa shape index (κ2) is 8.03. The molecule has 2 aliphatic rings. The van der Waals surface area contributed by atoms with Crippen LogP contribution >= 0.6 is 0 Å². The monoisotopic (exact) mass is 365 g/mol. The van der Waals surface area contributed by atoms with E-state index in [9.17, 15) is 4.79 Å². The summed E-state index contributed by atoms with van der Waals surface area (Å²) >= 11 is 0. The molecule has 1 saturated carbocycles. The third kappa shape index (κ3) is 4.10. The first-order valence-electron chi connectivity index (χ1n) is 10.0. The third-order valence-corrected chi connectivity index (χ3v) is 5.60. The fraction of sp³-hybridized carbons (Fsp3) is 0.524. The van der Waals surface area contributed by atoms with Crippen LogP contribution in [-0.4, -0.2) is 38.3 Å². The Balaban J connectivity index is 1.70. The lowest BCUT2D eigenvalue weighted by Crippen LogP contribution is -2.36. The molecule has 6 nitrogen and oxygen atoms in total. The lowest BCUT2D eigenvalue weighted by Gasteiger charge is -2.29. The number of rotatable bonds is 3. The average Bonchev–Trinajstić information content (AvgIpc) is 2.96. The van der Waals surface area contributed by atoms with Gasteiger partial charge < -0.3 is 10.2 Å². The van der Waals surface area contributed by atoms with Crippen molar-refractivity contribution in [3.05, 3.63) is 35.7 Å². The minimum absolute atomic E-state index is 0.0944. The molecule has 1 N–H and O–H groups in total. The average molecular weight is 365 g/mol. The fourth-order valence-corrected chi connectivity index (χ4v) is 4.05. The summed E-state index contributed by atoms with van der Waals surface area (Å²) in [6.45, 7) is 2.90. The molecule has 4 rings (SSSR count). The highest BCUT2D eigenvalue weighted by Crippen LogP contribution is 2.29. The minimum atomic E-state index is 0.0944. The fourth-order valence-electron chi connectivity index (χ4n) is 4.05. The van der Waals surface area contributed by atoms with Gasteiger partial charge in [-0.05, 0) is 31.4 Å². The predicted molar refractivity (Wildman–Crippen MR) is 105 cm³/mol. The summed E-state index contributed by atoms with van der Waals surface area (Å²) < 4.78 is 0.